The van der Waals surface area contributed by atoms with Gasteiger partial charge in [0.05, 0.1) is 6.54 Å². The number of benzene rings is 1. The van der Waals surface area contributed by atoms with E-state index in [9.17, 15) is 19.2 Å². The van der Waals surface area contributed by atoms with Crippen LogP contribution in [0.2, 0.25) is 0 Å². The molecular weight excluding hydrogens is 288 g/mol. The van der Waals surface area contributed by atoms with Crippen molar-refractivity contribution in [3.8, 4) is 0 Å². The Morgan fingerprint density at radius 1 is 1.14 bits per heavy atom. The van der Waals surface area contributed by atoms with Crippen molar-refractivity contribution in [1.29, 1.82) is 0 Å². The van der Waals surface area contributed by atoms with E-state index in [0.717, 1.165) is 0 Å². The number of rotatable bonds is 6. The zero-order valence-electron chi connectivity index (χ0n) is 12.1. The van der Waals surface area contributed by atoms with E-state index in [1.54, 1.807) is 12.1 Å². The monoisotopic (exact) mass is 306 g/mol. The van der Waals surface area contributed by atoms with Crippen LogP contribution in [0.3, 0.4) is 0 Å². The minimum Gasteiger partial charge on any atom is -0.351 e. The smallest absolute Gasteiger partial charge is 0.319 e. The van der Waals surface area contributed by atoms with Gasteiger partial charge in [-0.2, -0.15) is 0 Å². The second kappa shape index (κ2) is 8.40. The fourth-order valence-electron chi connectivity index (χ4n) is 1.62. The van der Waals surface area contributed by atoms with Crippen molar-refractivity contribution in [2.45, 2.75) is 19.8 Å². The first-order chi connectivity index (χ1) is 10.4. The first-order valence-corrected chi connectivity index (χ1v) is 6.69. The molecule has 0 aliphatic heterocycles. The maximum atomic E-state index is 11.7. The predicted molar refractivity (Wildman–Crippen MR) is 80.0 cm³/mol. The van der Waals surface area contributed by atoms with E-state index >= 15 is 0 Å². The van der Waals surface area contributed by atoms with Gasteiger partial charge in [-0.05, 0) is 24.6 Å². The Morgan fingerprint density at radius 3 is 2.50 bits per heavy atom. The second-order valence-electron chi connectivity index (χ2n) is 4.47. The van der Waals surface area contributed by atoms with Gasteiger partial charge in [-0.3, -0.25) is 19.7 Å². The van der Waals surface area contributed by atoms with Crippen LogP contribution in [0.4, 0.5) is 10.5 Å². The lowest BCUT2D eigenvalue weighted by Gasteiger charge is -2.08. The Kier molecular flexibility index (Phi) is 6.55. The van der Waals surface area contributed by atoms with Gasteiger partial charge in [0.25, 0.3) is 5.91 Å². The maximum absolute atomic E-state index is 11.7. The fraction of sp³-hybridized carbons (Fsp3) is 0.286. The molecule has 5 N–H and O–H groups in total. The molecule has 1 aromatic rings. The standard InChI is InChI=1S/C14H18N4O4/c1-2-4-11(19)16-8-12(20)17-10-6-3-5-9(7-10)13(21)18-14(15)22/h3,5-7H,2,4,8H2,1H3,(H,16,19)(H,17,20)(H3,15,18,21,22). The molecule has 5 amide bonds. The Morgan fingerprint density at radius 2 is 1.86 bits per heavy atom. The SMILES string of the molecule is CCCC(=O)NCC(=O)Nc1cccc(C(=O)NC(N)=O)c1. The molecular formula is C14H18N4O4. The van der Waals surface area contributed by atoms with Crippen LogP contribution in [0, 0.1) is 0 Å². The minimum absolute atomic E-state index is 0.156. The number of amides is 5. The summed E-state index contributed by atoms with van der Waals surface area (Å²) in [6.45, 7) is 1.71. The molecule has 0 fully saturated rings. The fourth-order valence-corrected chi connectivity index (χ4v) is 1.62. The Bertz CT molecular complexity index is 586. The van der Waals surface area contributed by atoms with Crippen molar-refractivity contribution < 1.29 is 19.2 Å². The number of nitrogens with two attached hydrogens (primary N) is 1. The molecule has 22 heavy (non-hydrogen) atoms. The highest BCUT2D eigenvalue weighted by atomic mass is 16.2. The van der Waals surface area contributed by atoms with E-state index in [1.807, 2.05) is 12.2 Å². The Balaban J connectivity index is 2.59. The summed E-state index contributed by atoms with van der Waals surface area (Å²) in [6.07, 6.45) is 1.06. The molecule has 0 spiro atoms. The molecule has 1 aromatic carbocycles. The topological polar surface area (TPSA) is 130 Å². The molecule has 8 heteroatoms. The first kappa shape index (κ1) is 17.2. The van der Waals surface area contributed by atoms with Gasteiger partial charge >= 0.3 is 6.03 Å². The Hall–Kier alpha value is -2.90. The highest BCUT2D eigenvalue weighted by Crippen LogP contribution is 2.10. The summed E-state index contributed by atoms with van der Waals surface area (Å²) in [5, 5.41) is 6.94. The van der Waals surface area contributed by atoms with Crippen molar-refractivity contribution in [2.75, 3.05) is 11.9 Å². The summed E-state index contributed by atoms with van der Waals surface area (Å²) in [5.41, 5.74) is 5.40. The van der Waals surface area contributed by atoms with Gasteiger partial charge in [-0.15, -0.1) is 0 Å². The lowest BCUT2D eigenvalue weighted by Crippen LogP contribution is -2.35. The summed E-state index contributed by atoms with van der Waals surface area (Å²) < 4.78 is 0. The molecule has 0 unspecified atom stereocenters. The molecule has 0 saturated carbocycles. The van der Waals surface area contributed by atoms with Crippen molar-refractivity contribution in [3.05, 3.63) is 29.8 Å². The summed E-state index contributed by atoms with van der Waals surface area (Å²) in [7, 11) is 0. The van der Waals surface area contributed by atoms with Gasteiger partial charge in [0.2, 0.25) is 11.8 Å². The summed E-state index contributed by atoms with van der Waals surface area (Å²) in [4.78, 5) is 45.2. The molecule has 0 bridgehead atoms. The van der Waals surface area contributed by atoms with Gasteiger partial charge in [0, 0.05) is 17.7 Å². The number of nitrogens with one attached hydrogen (secondary N) is 3. The van der Waals surface area contributed by atoms with Gasteiger partial charge in [-0.25, -0.2) is 4.79 Å². The molecule has 0 heterocycles. The molecule has 0 saturated heterocycles. The van der Waals surface area contributed by atoms with Gasteiger partial charge < -0.3 is 16.4 Å². The number of carbonyl (C=O) groups is 4. The third-order valence-electron chi connectivity index (χ3n) is 2.57. The number of carbonyl (C=O) groups excluding carboxylic acids is 4. The highest BCUT2D eigenvalue weighted by molar-refractivity contribution is 6.04. The summed E-state index contributed by atoms with van der Waals surface area (Å²) in [6, 6.07) is 5.02. The molecule has 0 aliphatic carbocycles. The maximum Gasteiger partial charge on any atom is 0.319 e. The largest absolute Gasteiger partial charge is 0.351 e. The molecule has 8 nitrogen and oxygen atoms in total. The van der Waals surface area contributed by atoms with E-state index in [-0.39, 0.29) is 18.0 Å². The number of urea groups is 1. The number of hydrogen-bond acceptors (Lipinski definition) is 4. The second-order valence-corrected chi connectivity index (χ2v) is 4.47. The van der Waals surface area contributed by atoms with E-state index in [1.165, 1.54) is 12.1 Å². The van der Waals surface area contributed by atoms with Gasteiger partial charge in [0.15, 0.2) is 0 Å². The van der Waals surface area contributed by atoms with Crippen molar-refractivity contribution in [1.82, 2.24) is 10.6 Å². The number of primary amides is 1. The number of hydrogen-bond donors (Lipinski definition) is 4. The van der Waals surface area contributed by atoms with E-state index in [4.69, 9.17) is 5.73 Å². The highest BCUT2D eigenvalue weighted by Gasteiger charge is 2.10. The number of anilines is 1. The van der Waals surface area contributed by atoms with Crippen LogP contribution in [0.25, 0.3) is 0 Å². The van der Waals surface area contributed by atoms with Gasteiger partial charge in [-0.1, -0.05) is 13.0 Å². The quantitative estimate of drug-likeness (QED) is 0.604. The summed E-state index contributed by atoms with van der Waals surface area (Å²) in [5.74, 6) is -1.29. The molecule has 0 radical (unpaired) electrons. The van der Waals surface area contributed by atoms with E-state index in [0.29, 0.717) is 18.5 Å². The summed E-state index contributed by atoms with van der Waals surface area (Å²) >= 11 is 0. The lowest BCUT2D eigenvalue weighted by atomic mass is 10.2. The molecule has 0 aromatic heterocycles. The Labute approximate surface area is 127 Å². The third kappa shape index (κ3) is 6.04. The molecule has 0 atom stereocenters. The molecule has 118 valence electrons. The van der Waals surface area contributed by atoms with E-state index < -0.39 is 17.8 Å². The zero-order chi connectivity index (χ0) is 16.5. The predicted octanol–water partition coefficient (Wildman–Crippen LogP) is 0.350. The van der Waals surface area contributed by atoms with Crippen LogP contribution in [-0.4, -0.2) is 30.3 Å². The van der Waals surface area contributed by atoms with E-state index in [2.05, 4.69) is 10.6 Å². The van der Waals surface area contributed by atoms with Crippen LogP contribution < -0.4 is 21.7 Å². The minimum atomic E-state index is -0.960. The first-order valence-electron chi connectivity index (χ1n) is 6.69. The van der Waals surface area contributed by atoms with Crippen molar-refractivity contribution >= 4 is 29.4 Å². The zero-order valence-corrected chi connectivity index (χ0v) is 12.1. The third-order valence-corrected chi connectivity index (χ3v) is 2.57. The normalized spacial score (nSPS) is 9.68. The van der Waals surface area contributed by atoms with Crippen LogP contribution in [-0.2, 0) is 9.59 Å². The van der Waals surface area contributed by atoms with Crippen molar-refractivity contribution in [3.63, 3.8) is 0 Å². The van der Waals surface area contributed by atoms with Crippen LogP contribution >= 0.6 is 0 Å². The lowest BCUT2D eigenvalue weighted by molar-refractivity contribution is -0.124. The average molecular weight is 306 g/mol. The molecule has 1 rings (SSSR count). The van der Waals surface area contributed by atoms with Gasteiger partial charge in [0.1, 0.15) is 0 Å². The molecule has 0 aliphatic rings. The van der Waals surface area contributed by atoms with Crippen LogP contribution in [0.1, 0.15) is 30.1 Å². The van der Waals surface area contributed by atoms with Crippen LogP contribution in [0.5, 0.6) is 0 Å². The average Bonchev–Trinajstić information content (AvgIpc) is 2.45. The van der Waals surface area contributed by atoms with Crippen LogP contribution in [0.15, 0.2) is 24.3 Å². The number of imide groups is 1. The van der Waals surface area contributed by atoms with Crippen molar-refractivity contribution in [2.24, 2.45) is 5.73 Å².